The highest BCUT2D eigenvalue weighted by Gasteiger charge is 2.08. The van der Waals surface area contributed by atoms with Crippen LogP contribution in [0.15, 0.2) is 24.3 Å². The van der Waals surface area contributed by atoms with E-state index >= 15 is 0 Å². The summed E-state index contributed by atoms with van der Waals surface area (Å²) in [5.74, 6) is 0.714. The van der Waals surface area contributed by atoms with Gasteiger partial charge < -0.3 is 10.0 Å². The number of rotatable bonds is 6. The van der Waals surface area contributed by atoms with Crippen molar-refractivity contribution >= 4 is 5.69 Å². The van der Waals surface area contributed by atoms with Gasteiger partial charge in [-0.2, -0.15) is 0 Å². The van der Waals surface area contributed by atoms with Gasteiger partial charge in [0.2, 0.25) is 0 Å². The number of aliphatic hydroxyl groups is 1. The molecule has 0 aliphatic carbocycles. The van der Waals surface area contributed by atoms with E-state index in [-0.39, 0.29) is 6.10 Å². The van der Waals surface area contributed by atoms with Gasteiger partial charge in [0.15, 0.2) is 0 Å². The van der Waals surface area contributed by atoms with Gasteiger partial charge in [-0.25, -0.2) is 0 Å². The molecule has 0 spiro atoms. The van der Waals surface area contributed by atoms with Gasteiger partial charge in [-0.15, -0.1) is 0 Å². The summed E-state index contributed by atoms with van der Waals surface area (Å²) >= 11 is 0. The van der Waals surface area contributed by atoms with Crippen LogP contribution in [-0.4, -0.2) is 18.2 Å². The Morgan fingerprint density at radius 1 is 1.12 bits per heavy atom. The largest absolute Gasteiger partial charge is 0.389 e. The lowest BCUT2D eigenvalue weighted by Crippen LogP contribution is -2.27. The highest BCUT2D eigenvalue weighted by atomic mass is 16.3. The fourth-order valence-electron chi connectivity index (χ4n) is 1.89. The third-order valence-electron chi connectivity index (χ3n) is 3.35. The standard InChI is InChI=1S/C15H25NO/c1-5-12(3)11-16(6-2)15-9-7-14(8-10-15)13(4)17/h7-10,12-13,17H,5-6,11H2,1-4H3/t12?,13-/m1/s1. The minimum atomic E-state index is -0.381. The summed E-state index contributed by atoms with van der Waals surface area (Å²) in [6, 6.07) is 8.24. The lowest BCUT2D eigenvalue weighted by Gasteiger charge is -2.26. The van der Waals surface area contributed by atoms with Gasteiger partial charge in [-0.05, 0) is 37.5 Å². The van der Waals surface area contributed by atoms with Gasteiger partial charge in [0, 0.05) is 18.8 Å². The lowest BCUT2D eigenvalue weighted by atomic mass is 10.1. The number of anilines is 1. The third-order valence-corrected chi connectivity index (χ3v) is 3.35. The Morgan fingerprint density at radius 3 is 2.12 bits per heavy atom. The van der Waals surface area contributed by atoms with Crippen LogP contribution < -0.4 is 4.90 Å². The van der Waals surface area contributed by atoms with E-state index in [0.29, 0.717) is 5.92 Å². The molecule has 17 heavy (non-hydrogen) atoms. The number of hydrogen-bond donors (Lipinski definition) is 1. The molecule has 2 nitrogen and oxygen atoms in total. The van der Waals surface area contributed by atoms with Crippen LogP contribution in [0.4, 0.5) is 5.69 Å². The predicted molar refractivity (Wildman–Crippen MR) is 74.4 cm³/mol. The SMILES string of the molecule is CCC(C)CN(CC)c1ccc([C@@H](C)O)cc1. The van der Waals surface area contributed by atoms with E-state index in [2.05, 4.69) is 37.8 Å². The van der Waals surface area contributed by atoms with Crippen LogP contribution in [0.5, 0.6) is 0 Å². The van der Waals surface area contributed by atoms with Crippen molar-refractivity contribution in [3.8, 4) is 0 Å². The molecule has 96 valence electrons. The summed E-state index contributed by atoms with van der Waals surface area (Å²) in [7, 11) is 0. The molecule has 0 aromatic heterocycles. The van der Waals surface area contributed by atoms with Crippen molar-refractivity contribution in [2.24, 2.45) is 5.92 Å². The second kappa shape index (κ2) is 6.65. The van der Waals surface area contributed by atoms with Crippen molar-refractivity contribution < 1.29 is 5.11 Å². The molecule has 0 saturated carbocycles. The zero-order valence-corrected chi connectivity index (χ0v) is 11.5. The molecule has 2 heteroatoms. The minimum absolute atomic E-state index is 0.381. The fraction of sp³-hybridized carbons (Fsp3) is 0.600. The molecule has 0 heterocycles. The van der Waals surface area contributed by atoms with E-state index in [9.17, 15) is 5.11 Å². The van der Waals surface area contributed by atoms with Crippen molar-refractivity contribution in [1.82, 2.24) is 0 Å². The van der Waals surface area contributed by atoms with E-state index in [1.165, 1.54) is 12.1 Å². The number of nitrogens with zero attached hydrogens (tertiary/aromatic N) is 1. The van der Waals surface area contributed by atoms with Crippen molar-refractivity contribution in [3.05, 3.63) is 29.8 Å². The molecule has 0 aliphatic rings. The first-order valence-electron chi connectivity index (χ1n) is 6.61. The van der Waals surface area contributed by atoms with Gasteiger partial charge in [-0.3, -0.25) is 0 Å². The van der Waals surface area contributed by atoms with Crippen molar-refractivity contribution in [2.45, 2.75) is 40.2 Å². The maximum Gasteiger partial charge on any atom is 0.0761 e. The number of hydrogen-bond acceptors (Lipinski definition) is 2. The average molecular weight is 235 g/mol. The summed E-state index contributed by atoms with van der Waals surface area (Å²) in [4.78, 5) is 2.39. The summed E-state index contributed by atoms with van der Waals surface area (Å²) in [5.41, 5.74) is 2.23. The quantitative estimate of drug-likeness (QED) is 0.814. The van der Waals surface area contributed by atoms with Crippen molar-refractivity contribution in [3.63, 3.8) is 0 Å². The second-order valence-electron chi connectivity index (χ2n) is 4.82. The molecule has 1 unspecified atom stereocenters. The van der Waals surface area contributed by atoms with Crippen LogP contribution in [0.3, 0.4) is 0 Å². The van der Waals surface area contributed by atoms with E-state index < -0.39 is 0 Å². The molecule has 0 bridgehead atoms. The molecule has 1 aromatic carbocycles. The van der Waals surface area contributed by atoms with Crippen LogP contribution in [0.25, 0.3) is 0 Å². The molecule has 1 N–H and O–H groups in total. The Bertz CT molecular complexity index is 318. The topological polar surface area (TPSA) is 23.5 Å². The molecular weight excluding hydrogens is 210 g/mol. The van der Waals surface area contributed by atoms with Gasteiger partial charge >= 0.3 is 0 Å². The van der Waals surface area contributed by atoms with E-state index in [1.54, 1.807) is 6.92 Å². The molecule has 0 saturated heterocycles. The highest BCUT2D eigenvalue weighted by Crippen LogP contribution is 2.20. The van der Waals surface area contributed by atoms with Gasteiger partial charge in [0.25, 0.3) is 0 Å². The summed E-state index contributed by atoms with van der Waals surface area (Å²) < 4.78 is 0. The summed E-state index contributed by atoms with van der Waals surface area (Å²) in [6.45, 7) is 10.6. The van der Waals surface area contributed by atoms with Crippen LogP contribution in [0.1, 0.15) is 45.8 Å². The molecular formula is C15H25NO. The molecule has 2 atom stereocenters. The lowest BCUT2D eigenvalue weighted by molar-refractivity contribution is 0.199. The predicted octanol–water partition coefficient (Wildman–Crippen LogP) is 3.61. The maximum atomic E-state index is 9.48. The summed E-state index contributed by atoms with van der Waals surface area (Å²) in [6.07, 6.45) is 0.830. The van der Waals surface area contributed by atoms with Gasteiger partial charge in [-0.1, -0.05) is 32.4 Å². The molecule has 0 radical (unpaired) electrons. The van der Waals surface area contributed by atoms with Crippen LogP contribution in [0.2, 0.25) is 0 Å². The Kier molecular flexibility index (Phi) is 5.49. The van der Waals surface area contributed by atoms with Crippen molar-refractivity contribution in [1.29, 1.82) is 0 Å². The fourth-order valence-corrected chi connectivity index (χ4v) is 1.89. The van der Waals surface area contributed by atoms with Crippen molar-refractivity contribution in [2.75, 3.05) is 18.0 Å². The average Bonchev–Trinajstić information content (AvgIpc) is 2.35. The van der Waals surface area contributed by atoms with Crippen LogP contribution >= 0.6 is 0 Å². The Balaban J connectivity index is 2.75. The monoisotopic (exact) mass is 235 g/mol. The number of aliphatic hydroxyl groups excluding tert-OH is 1. The van der Waals surface area contributed by atoms with E-state index in [1.807, 2.05) is 12.1 Å². The van der Waals surface area contributed by atoms with E-state index in [4.69, 9.17) is 0 Å². The second-order valence-corrected chi connectivity index (χ2v) is 4.82. The zero-order chi connectivity index (χ0) is 12.8. The normalized spacial score (nSPS) is 14.4. The van der Waals surface area contributed by atoms with Crippen LogP contribution in [0, 0.1) is 5.92 Å². The van der Waals surface area contributed by atoms with Gasteiger partial charge in [0.05, 0.1) is 6.10 Å². The Hall–Kier alpha value is -1.02. The first kappa shape index (κ1) is 14.0. The maximum absolute atomic E-state index is 9.48. The Morgan fingerprint density at radius 2 is 1.71 bits per heavy atom. The molecule has 0 amide bonds. The van der Waals surface area contributed by atoms with E-state index in [0.717, 1.165) is 18.7 Å². The molecule has 0 fully saturated rings. The van der Waals surface area contributed by atoms with Gasteiger partial charge in [0.1, 0.15) is 0 Å². The zero-order valence-electron chi connectivity index (χ0n) is 11.5. The first-order chi connectivity index (χ1) is 8.08. The molecule has 1 aromatic rings. The highest BCUT2D eigenvalue weighted by molar-refractivity contribution is 5.47. The number of benzene rings is 1. The third kappa shape index (κ3) is 4.04. The molecule has 0 aliphatic heterocycles. The van der Waals surface area contributed by atoms with Crippen LogP contribution in [-0.2, 0) is 0 Å². The Labute approximate surface area is 105 Å². The molecule has 1 rings (SSSR count). The minimum Gasteiger partial charge on any atom is -0.389 e. The smallest absolute Gasteiger partial charge is 0.0761 e. The summed E-state index contributed by atoms with van der Waals surface area (Å²) in [5, 5.41) is 9.48. The first-order valence-corrected chi connectivity index (χ1v) is 6.61.